The van der Waals surface area contributed by atoms with Gasteiger partial charge in [-0.2, -0.15) is 5.10 Å². The van der Waals surface area contributed by atoms with Crippen LogP contribution in [0.25, 0.3) is 0 Å². The van der Waals surface area contributed by atoms with Gasteiger partial charge in [-0.3, -0.25) is 5.01 Å². The molecule has 0 bridgehead atoms. The number of hydrogen-bond acceptors (Lipinski definition) is 2. The van der Waals surface area contributed by atoms with E-state index in [1.54, 1.807) is 0 Å². The summed E-state index contributed by atoms with van der Waals surface area (Å²) in [5.41, 5.74) is 4.67. The van der Waals surface area contributed by atoms with E-state index in [2.05, 4.69) is 67.6 Å². The standard InChI is InChI=1S/C21H20N2/c1-18-12-14-19(15-13-18)16-22-23(21-10-6-3-7-11-21)17-20-8-4-2-5-9-20/h2-16H,17H2,1H3/b22-16-. The fourth-order valence-electron chi connectivity index (χ4n) is 2.34. The van der Waals surface area contributed by atoms with Crippen molar-refractivity contribution in [2.24, 2.45) is 5.10 Å². The molecule has 0 N–H and O–H groups in total. The van der Waals surface area contributed by atoms with Crippen molar-refractivity contribution in [2.75, 3.05) is 5.01 Å². The summed E-state index contributed by atoms with van der Waals surface area (Å²) < 4.78 is 0. The molecule has 0 saturated heterocycles. The van der Waals surface area contributed by atoms with Crippen LogP contribution < -0.4 is 5.01 Å². The first kappa shape index (κ1) is 15.0. The highest BCUT2D eigenvalue weighted by molar-refractivity contribution is 5.80. The van der Waals surface area contributed by atoms with Crippen LogP contribution >= 0.6 is 0 Å². The number of aryl methyl sites for hydroxylation is 1. The monoisotopic (exact) mass is 300 g/mol. The van der Waals surface area contributed by atoms with Crippen LogP contribution in [0.4, 0.5) is 5.69 Å². The molecular formula is C21H20N2. The Labute approximate surface area is 137 Å². The number of rotatable bonds is 5. The maximum absolute atomic E-state index is 4.70. The van der Waals surface area contributed by atoms with Gasteiger partial charge in [0.1, 0.15) is 0 Å². The van der Waals surface area contributed by atoms with Crippen molar-refractivity contribution in [1.29, 1.82) is 0 Å². The van der Waals surface area contributed by atoms with Gasteiger partial charge in [0.05, 0.1) is 18.4 Å². The number of hydrazone groups is 1. The maximum Gasteiger partial charge on any atom is 0.0666 e. The molecule has 114 valence electrons. The molecule has 2 nitrogen and oxygen atoms in total. The summed E-state index contributed by atoms with van der Waals surface area (Å²) in [7, 11) is 0. The molecule has 0 amide bonds. The van der Waals surface area contributed by atoms with Gasteiger partial charge in [0.25, 0.3) is 0 Å². The van der Waals surface area contributed by atoms with Crippen LogP contribution in [-0.4, -0.2) is 6.21 Å². The second-order valence-corrected chi connectivity index (χ2v) is 5.53. The van der Waals surface area contributed by atoms with Crippen molar-refractivity contribution >= 4 is 11.9 Å². The summed E-state index contributed by atoms with van der Waals surface area (Å²) >= 11 is 0. The molecule has 0 aliphatic carbocycles. The molecule has 0 fully saturated rings. The van der Waals surface area contributed by atoms with Crippen LogP contribution in [0.15, 0.2) is 90.0 Å². The Kier molecular flexibility index (Phi) is 4.85. The highest BCUT2D eigenvalue weighted by Crippen LogP contribution is 2.17. The molecule has 0 aliphatic rings. The summed E-state index contributed by atoms with van der Waals surface area (Å²) in [6, 6.07) is 29.0. The highest BCUT2D eigenvalue weighted by atomic mass is 15.4. The van der Waals surface area contributed by atoms with Gasteiger partial charge in [0.15, 0.2) is 0 Å². The Hall–Kier alpha value is -2.87. The third kappa shape index (κ3) is 4.30. The van der Waals surface area contributed by atoms with Gasteiger partial charge in [-0.1, -0.05) is 78.4 Å². The van der Waals surface area contributed by atoms with Crippen LogP contribution in [0.2, 0.25) is 0 Å². The van der Waals surface area contributed by atoms with Crippen LogP contribution in [0.3, 0.4) is 0 Å². The van der Waals surface area contributed by atoms with Gasteiger partial charge >= 0.3 is 0 Å². The average molecular weight is 300 g/mol. The average Bonchev–Trinajstić information content (AvgIpc) is 2.61. The second kappa shape index (κ2) is 7.41. The topological polar surface area (TPSA) is 15.6 Å². The molecule has 0 atom stereocenters. The number of nitrogens with zero attached hydrogens (tertiary/aromatic N) is 2. The number of benzene rings is 3. The van der Waals surface area contributed by atoms with Crippen LogP contribution in [0.5, 0.6) is 0 Å². The predicted octanol–water partition coefficient (Wildman–Crippen LogP) is 5.04. The van der Waals surface area contributed by atoms with Gasteiger partial charge in [0.2, 0.25) is 0 Å². The second-order valence-electron chi connectivity index (χ2n) is 5.53. The molecule has 2 heteroatoms. The minimum Gasteiger partial charge on any atom is -0.261 e. The van der Waals surface area contributed by atoms with E-state index in [0.717, 1.165) is 17.8 Å². The molecule has 23 heavy (non-hydrogen) atoms. The summed E-state index contributed by atoms with van der Waals surface area (Å²) in [4.78, 5) is 0. The van der Waals surface area contributed by atoms with Gasteiger partial charge in [-0.05, 0) is 30.2 Å². The first-order valence-corrected chi connectivity index (χ1v) is 7.78. The molecule has 0 spiro atoms. The summed E-state index contributed by atoms with van der Waals surface area (Å²) in [5, 5.41) is 6.72. The van der Waals surface area contributed by atoms with Gasteiger partial charge < -0.3 is 0 Å². The molecular weight excluding hydrogens is 280 g/mol. The lowest BCUT2D eigenvalue weighted by molar-refractivity contribution is 0.858. The minimum absolute atomic E-state index is 0.743. The Morgan fingerprint density at radius 3 is 2.04 bits per heavy atom. The Balaban J connectivity index is 1.84. The zero-order chi connectivity index (χ0) is 15.9. The van der Waals surface area contributed by atoms with Gasteiger partial charge in [-0.15, -0.1) is 0 Å². The van der Waals surface area contributed by atoms with Crippen molar-refractivity contribution in [1.82, 2.24) is 0 Å². The third-order valence-electron chi connectivity index (χ3n) is 3.65. The molecule has 3 aromatic carbocycles. The van der Waals surface area contributed by atoms with Crippen molar-refractivity contribution < 1.29 is 0 Å². The van der Waals surface area contributed by atoms with E-state index in [-0.39, 0.29) is 0 Å². The minimum atomic E-state index is 0.743. The van der Waals surface area contributed by atoms with Crippen LogP contribution in [-0.2, 0) is 6.54 Å². The van der Waals surface area contributed by atoms with Crippen molar-refractivity contribution in [2.45, 2.75) is 13.5 Å². The number of hydrogen-bond donors (Lipinski definition) is 0. The van der Waals surface area contributed by atoms with E-state index in [9.17, 15) is 0 Å². The Morgan fingerprint density at radius 1 is 0.783 bits per heavy atom. The van der Waals surface area contributed by atoms with E-state index in [1.807, 2.05) is 35.5 Å². The Morgan fingerprint density at radius 2 is 1.39 bits per heavy atom. The van der Waals surface area contributed by atoms with E-state index in [1.165, 1.54) is 11.1 Å². The molecule has 0 saturated carbocycles. The lowest BCUT2D eigenvalue weighted by Crippen LogP contribution is -2.15. The maximum atomic E-state index is 4.70. The van der Waals surface area contributed by atoms with E-state index < -0.39 is 0 Å². The number of para-hydroxylation sites is 1. The molecule has 0 heterocycles. The quantitative estimate of drug-likeness (QED) is 0.476. The smallest absolute Gasteiger partial charge is 0.0666 e. The summed E-state index contributed by atoms with van der Waals surface area (Å²) in [6.07, 6.45) is 1.91. The third-order valence-corrected chi connectivity index (χ3v) is 3.65. The van der Waals surface area contributed by atoms with Gasteiger partial charge in [-0.25, -0.2) is 0 Å². The van der Waals surface area contributed by atoms with Crippen molar-refractivity contribution in [3.05, 3.63) is 102 Å². The zero-order valence-electron chi connectivity index (χ0n) is 13.3. The Bertz CT molecular complexity index is 747. The molecule has 0 aliphatic heterocycles. The van der Waals surface area contributed by atoms with Gasteiger partial charge in [0, 0.05) is 0 Å². The summed E-state index contributed by atoms with van der Waals surface area (Å²) in [5.74, 6) is 0. The fraction of sp³-hybridized carbons (Fsp3) is 0.0952. The number of anilines is 1. The normalized spacial score (nSPS) is 10.8. The lowest BCUT2D eigenvalue weighted by atomic mass is 10.2. The van der Waals surface area contributed by atoms with E-state index in [4.69, 9.17) is 5.10 Å². The van der Waals surface area contributed by atoms with E-state index >= 15 is 0 Å². The highest BCUT2D eigenvalue weighted by Gasteiger charge is 2.05. The van der Waals surface area contributed by atoms with Crippen molar-refractivity contribution in [3.8, 4) is 0 Å². The van der Waals surface area contributed by atoms with Crippen LogP contribution in [0, 0.1) is 6.92 Å². The predicted molar refractivity (Wildman–Crippen MR) is 97.8 cm³/mol. The first-order chi connectivity index (χ1) is 11.3. The molecule has 0 radical (unpaired) electrons. The SMILES string of the molecule is Cc1ccc(/C=N\N(Cc2ccccc2)c2ccccc2)cc1. The first-order valence-electron chi connectivity index (χ1n) is 7.78. The largest absolute Gasteiger partial charge is 0.261 e. The fourth-order valence-corrected chi connectivity index (χ4v) is 2.34. The molecule has 0 aromatic heterocycles. The molecule has 3 rings (SSSR count). The molecule has 0 unspecified atom stereocenters. The summed E-state index contributed by atoms with van der Waals surface area (Å²) in [6.45, 7) is 2.83. The molecule has 3 aromatic rings. The zero-order valence-corrected chi connectivity index (χ0v) is 13.3. The lowest BCUT2D eigenvalue weighted by Gasteiger charge is -2.19. The van der Waals surface area contributed by atoms with Crippen molar-refractivity contribution in [3.63, 3.8) is 0 Å². The van der Waals surface area contributed by atoms with Crippen LogP contribution in [0.1, 0.15) is 16.7 Å². The van der Waals surface area contributed by atoms with E-state index in [0.29, 0.717) is 0 Å².